The van der Waals surface area contributed by atoms with Gasteiger partial charge in [-0.2, -0.15) is 0 Å². The predicted octanol–water partition coefficient (Wildman–Crippen LogP) is 2.55. The average molecular weight is 315 g/mol. The van der Waals surface area contributed by atoms with E-state index in [0.717, 1.165) is 49.0 Å². The Balaban J connectivity index is 1.54. The number of hydrogen-bond acceptors (Lipinski definition) is 3. The molecule has 2 N–H and O–H groups in total. The Morgan fingerprint density at radius 3 is 2.83 bits per heavy atom. The van der Waals surface area contributed by atoms with Gasteiger partial charge in [0, 0.05) is 13.1 Å². The number of amides is 1. The lowest BCUT2D eigenvalue weighted by Crippen LogP contribution is -2.39. The van der Waals surface area contributed by atoms with E-state index >= 15 is 0 Å². The van der Waals surface area contributed by atoms with Crippen LogP contribution in [0.3, 0.4) is 0 Å². The molecule has 1 aromatic carbocycles. The highest BCUT2D eigenvalue weighted by Crippen LogP contribution is 2.30. The maximum atomic E-state index is 12.1. The van der Waals surface area contributed by atoms with Crippen molar-refractivity contribution in [1.82, 2.24) is 14.9 Å². The highest BCUT2D eigenvalue weighted by Gasteiger charge is 2.31. The van der Waals surface area contributed by atoms with Gasteiger partial charge in [-0.05, 0) is 31.9 Å². The zero-order valence-corrected chi connectivity index (χ0v) is 13.7. The maximum absolute atomic E-state index is 12.1. The summed E-state index contributed by atoms with van der Waals surface area (Å²) in [6.45, 7) is 3.22. The molecule has 124 valence electrons. The third kappa shape index (κ3) is 3.72. The molecule has 1 heterocycles. The summed E-state index contributed by atoms with van der Waals surface area (Å²) in [6.07, 6.45) is 4.90. The van der Waals surface area contributed by atoms with Crippen molar-refractivity contribution in [2.75, 3.05) is 6.54 Å². The van der Waals surface area contributed by atoms with Gasteiger partial charge >= 0.3 is 0 Å². The summed E-state index contributed by atoms with van der Waals surface area (Å²) in [6, 6.07) is 8.01. The van der Waals surface area contributed by atoms with Gasteiger partial charge in [0.05, 0.1) is 23.1 Å². The molecule has 1 saturated carbocycles. The molecule has 2 aromatic rings. The molecule has 5 heteroatoms. The van der Waals surface area contributed by atoms with E-state index in [9.17, 15) is 9.90 Å². The van der Waals surface area contributed by atoms with Crippen molar-refractivity contribution < 1.29 is 9.90 Å². The van der Waals surface area contributed by atoms with Crippen LogP contribution < -0.4 is 5.32 Å². The van der Waals surface area contributed by atoms with Crippen LogP contribution in [0, 0.1) is 6.92 Å². The van der Waals surface area contributed by atoms with Gasteiger partial charge < -0.3 is 15.0 Å². The van der Waals surface area contributed by atoms with Crippen LogP contribution in [0.25, 0.3) is 11.0 Å². The number of carbonyl (C=O) groups excluding carboxylic acids is 1. The minimum absolute atomic E-state index is 0.0588. The number of aliphatic hydroxyl groups is 1. The summed E-state index contributed by atoms with van der Waals surface area (Å²) in [5.41, 5.74) is 1.28. The summed E-state index contributed by atoms with van der Waals surface area (Å²) in [5, 5.41) is 13.4. The summed E-state index contributed by atoms with van der Waals surface area (Å²) >= 11 is 0. The zero-order valence-electron chi connectivity index (χ0n) is 13.7. The van der Waals surface area contributed by atoms with Gasteiger partial charge in [0.15, 0.2) is 0 Å². The Morgan fingerprint density at radius 1 is 1.30 bits per heavy atom. The first-order valence-corrected chi connectivity index (χ1v) is 8.48. The maximum Gasteiger partial charge on any atom is 0.222 e. The molecule has 1 aliphatic carbocycles. The molecule has 1 amide bonds. The highest BCUT2D eigenvalue weighted by atomic mass is 16.3. The fourth-order valence-corrected chi connectivity index (χ4v) is 3.53. The second kappa shape index (κ2) is 6.71. The van der Waals surface area contributed by atoms with E-state index in [2.05, 4.69) is 14.9 Å². The van der Waals surface area contributed by atoms with Crippen molar-refractivity contribution in [2.45, 2.75) is 57.6 Å². The van der Waals surface area contributed by atoms with Crippen LogP contribution in [-0.2, 0) is 11.3 Å². The normalized spacial score (nSPS) is 17.3. The number of hydrogen-bond donors (Lipinski definition) is 2. The molecule has 23 heavy (non-hydrogen) atoms. The average Bonchev–Trinajstić information content (AvgIpc) is 2.83. The molecule has 0 saturated heterocycles. The number of benzene rings is 1. The number of rotatable bonds is 5. The van der Waals surface area contributed by atoms with Crippen LogP contribution in [0.5, 0.6) is 0 Å². The standard InChI is InChI=1S/C18H25N3O2/c1-14-20-15-7-3-4-8-16(15)21(14)12-11-19-17(22)13-18(23)9-5-2-6-10-18/h3-4,7-8,23H,2,5-6,9-13H2,1H3,(H,19,22). The molecule has 0 aliphatic heterocycles. The minimum atomic E-state index is -0.792. The van der Waals surface area contributed by atoms with E-state index in [-0.39, 0.29) is 12.3 Å². The van der Waals surface area contributed by atoms with E-state index in [0.29, 0.717) is 13.1 Å². The second-order valence-electron chi connectivity index (χ2n) is 6.61. The first kappa shape index (κ1) is 16.0. The third-order valence-corrected chi connectivity index (χ3v) is 4.78. The molecule has 0 atom stereocenters. The zero-order chi connectivity index (χ0) is 16.3. The van der Waals surface area contributed by atoms with Gasteiger partial charge in [0.1, 0.15) is 5.82 Å². The van der Waals surface area contributed by atoms with Crippen molar-refractivity contribution >= 4 is 16.9 Å². The quantitative estimate of drug-likeness (QED) is 0.891. The number of imidazole rings is 1. The lowest BCUT2D eigenvalue weighted by molar-refractivity contribution is -0.127. The Morgan fingerprint density at radius 2 is 2.04 bits per heavy atom. The van der Waals surface area contributed by atoms with Crippen LogP contribution in [-0.4, -0.2) is 32.7 Å². The molecule has 5 nitrogen and oxygen atoms in total. The van der Waals surface area contributed by atoms with E-state index < -0.39 is 5.60 Å². The number of aromatic nitrogens is 2. The molecule has 1 aliphatic rings. The Kier molecular flexibility index (Phi) is 4.66. The van der Waals surface area contributed by atoms with E-state index in [4.69, 9.17) is 0 Å². The Labute approximate surface area is 136 Å². The number of fused-ring (bicyclic) bond motifs is 1. The summed E-state index contributed by atoms with van der Waals surface area (Å²) in [7, 11) is 0. The van der Waals surface area contributed by atoms with Gasteiger partial charge in [-0.1, -0.05) is 31.4 Å². The Hall–Kier alpha value is -1.88. The fraction of sp³-hybridized carbons (Fsp3) is 0.556. The van der Waals surface area contributed by atoms with Crippen LogP contribution in [0.2, 0.25) is 0 Å². The van der Waals surface area contributed by atoms with E-state index in [1.165, 1.54) is 0 Å². The molecule has 0 unspecified atom stereocenters. The lowest BCUT2D eigenvalue weighted by atomic mass is 9.82. The number of aryl methyl sites for hydroxylation is 1. The van der Waals surface area contributed by atoms with Gasteiger partial charge in [-0.3, -0.25) is 4.79 Å². The van der Waals surface area contributed by atoms with Gasteiger partial charge in [-0.25, -0.2) is 4.98 Å². The van der Waals surface area contributed by atoms with Crippen molar-refractivity contribution in [3.8, 4) is 0 Å². The van der Waals surface area contributed by atoms with E-state index in [1.54, 1.807) is 0 Å². The van der Waals surface area contributed by atoms with Crippen LogP contribution in [0.1, 0.15) is 44.3 Å². The van der Waals surface area contributed by atoms with Crippen molar-refractivity contribution in [3.63, 3.8) is 0 Å². The number of para-hydroxylation sites is 2. The predicted molar refractivity (Wildman–Crippen MR) is 90.1 cm³/mol. The molecule has 3 rings (SSSR count). The highest BCUT2D eigenvalue weighted by molar-refractivity contribution is 5.77. The molecule has 0 radical (unpaired) electrons. The molecular weight excluding hydrogens is 290 g/mol. The van der Waals surface area contributed by atoms with Gasteiger partial charge in [0.25, 0.3) is 0 Å². The first-order valence-electron chi connectivity index (χ1n) is 8.48. The number of nitrogens with one attached hydrogen (secondary N) is 1. The minimum Gasteiger partial charge on any atom is -0.389 e. The van der Waals surface area contributed by atoms with Crippen LogP contribution in [0.15, 0.2) is 24.3 Å². The van der Waals surface area contributed by atoms with Gasteiger partial charge in [0.2, 0.25) is 5.91 Å². The monoisotopic (exact) mass is 315 g/mol. The Bertz CT molecular complexity index is 687. The van der Waals surface area contributed by atoms with Crippen molar-refractivity contribution in [1.29, 1.82) is 0 Å². The van der Waals surface area contributed by atoms with Gasteiger partial charge in [-0.15, -0.1) is 0 Å². The third-order valence-electron chi connectivity index (χ3n) is 4.78. The molecule has 1 aromatic heterocycles. The molecular formula is C18H25N3O2. The first-order chi connectivity index (χ1) is 11.1. The van der Waals surface area contributed by atoms with E-state index in [1.807, 2.05) is 31.2 Å². The number of carbonyl (C=O) groups is 1. The van der Waals surface area contributed by atoms with Crippen molar-refractivity contribution in [2.24, 2.45) is 0 Å². The second-order valence-corrected chi connectivity index (χ2v) is 6.61. The van der Waals surface area contributed by atoms with Crippen LogP contribution in [0.4, 0.5) is 0 Å². The molecule has 0 bridgehead atoms. The molecule has 1 fully saturated rings. The SMILES string of the molecule is Cc1nc2ccccc2n1CCNC(=O)CC1(O)CCCCC1. The smallest absolute Gasteiger partial charge is 0.222 e. The molecule has 0 spiro atoms. The topological polar surface area (TPSA) is 67.2 Å². The summed E-state index contributed by atoms with van der Waals surface area (Å²) < 4.78 is 2.12. The number of nitrogens with zero attached hydrogens (tertiary/aromatic N) is 2. The largest absolute Gasteiger partial charge is 0.389 e. The van der Waals surface area contributed by atoms with Crippen LogP contribution >= 0.6 is 0 Å². The fourth-order valence-electron chi connectivity index (χ4n) is 3.53. The lowest BCUT2D eigenvalue weighted by Gasteiger charge is -2.31. The summed E-state index contributed by atoms with van der Waals surface area (Å²) in [4.78, 5) is 16.6. The van der Waals surface area contributed by atoms with Crippen molar-refractivity contribution in [3.05, 3.63) is 30.1 Å². The summed E-state index contributed by atoms with van der Waals surface area (Å²) in [5.74, 6) is 0.892.